The summed E-state index contributed by atoms with van der Waals surface area (Å²) in [5.41, 5.74) is 2.03. The van der Waals surface area contributed by atoms with E-state index in [4.69, 9.17) is 14.2 Å². The Morgan fingerprint density at radius 3 is 2.07 bits per heavy atom. The van der Waals surface area contributed by atoms with Gasteiger partial charge in [0.05, 0.1) is 19.8 Å². The minimum absolute atomic E-state index is 0.0922. The summed E-state index contributed by atoms with van der Waals surface area (Å²) < 4.78 is 16.4. The topological polar surface area (TPSA) is 73.9 Å². The van der Waals surface area contributed by atoms with Crippen molar-refractivity contribution in [3.05, 3.63) is 71.8 Å². The fourth-order valence-electron chi connectivity index (χ4n) is 2.79. The molecule has 0 aliphatic carbocycles. The Morgan fingerprint density at radius 2 is 1.43 bits per heavy atom. The van der Waals surface area contributed by atoms with Gasteiger partial charge in [0.15, 0.2) is 0 Å². The lowest BCUT2D eigenvalue weighted by molar-refractivity contribution is -0.119. The summed E-state index contributed by atoms with van der Waals surface area (Å²) in [6, 6.07) is 19.1. The second kappa shape index (κ2) is 14.3. The van der Waals surface area contributed by atoms with Gasteiger partial charge in [0.25, 0.3) is 0 Å². The maximum Gasteiger partial charge on any atom is 0.407 e. The summed E-state index contributed by atoms with van der Waals surface area (Å²) in [6.45, 7) is 3.92. The van der Waals surface area contributed by atoms with Crippen molar-refractivity contribution in [1.82, 2.24) is 5.32 Å². The van der Waals surface area contributed by atoms with Crippen molar-refractivity contribution < 1.29 is 23.8 Å². The van der Waals surface area contributed by atoms with Crippen LogP contribution in [0, 0.1) is 0 Å². The monoisotopic (exact) mass is 413 g/mol. The van der Waals surface area contributed by atoms with E-state index in [0.717, 1.165) is 11.1 Å². The molecular weight excluding hydrogens is 382 g/mol. The zero-order valence-electron chi connectivity index (χ0n) is 17.5. The van der Waals surface area contributed by atoms with E-state index in [1.165, 1.54) is 0 Å². The minimum Gasteiger partial charge on any atom is -0.445 e. The van der Waals surface area contributed by atoms with E-state index in [9.17, 15) is 9.59 Å². The standard InChI is InChI=1S/C24H31NO5/c1-2-23(26)17-22(25-24(27)30-19-21-11-7-4-8-12-21)13-14-28-15-16-29-18-20-9-5-3-6-10-20/h3-12,22H,2,13-19H2,1H3,(H,25,27). The first-order chi connectivity index (χ1) is 14.7. The summed E-state index contributed by atoms with van der Waals surface area (Å²) in [5, 5.41) is 2.78. The smallest absolute Gasteiger partial charge is 0.407 e. The Hall–Kier alpha value is -2.70. The summed E-state index contributed by atoms with van der Waals surface area (Å²) in [5.74, 6) is 0.0922. The number of nitrogens with one attached hydrogen (secondary N) is 1. The molecular formula is C24H31NO5. The molecule has 0 aliphatic rings. The van der Waals surface area contributed by atoms with Crippen LogP contribution in [0.4, 0.5) is 4.79 Å². The van der Waals surface area contributed by atoms with Crippen LogP contribution in [0.25, 0.3) is 0 Å². The van der Waals surface area contributed by atoms with Crippen LogP contribution in [0.15, 0.2) is 60.7 Å². The molecule has 2 aromatic rings. The quantitative estimate of drug-likeness (QED) is 0.468. The van der Waals surface area contributed by atoms with Crippen molar-refractivity contribution >= 4 is 11.9 Å². The highest BCUT2D eigenvalue weighted by Crippen LogP contribution is 2.05. The van der Waals surface area contributed by atoms with Crippen LogP contribution in [-0.4, -0.2) is 37.7 Å². The molecule has 1 N–H and O–H groups in total. The highest BCUT2D eigenvalue weighted by Gasteiger charge is 2.16. The Kier molecular flexibility index (Phi) is 11.2. The Morgan fingerprint density at radius 1 is 0.833 bits per heavy atom. The predicted octanol–water partition coefficient (Wildman–Crippen LogP) is 4.27. The second-order valence-corrected chi connectivity index (χ2v) is 6.94. The first kappa shape index (κ1) is 23.6. The first-order valence-electron chi connectivity index (χ1n) is 10.4. The number of alkyl carbamates (subject to hydrolysis) is 1. The number of rotatable bonds is 14. The van der Waals surface area contributed by atoms with E-state index in [1.54, 1.807) is 0 Å². The Balaban J connectivity index is 1.64. The van der Waals surface area contributed by atoms with Crippen LogP contribution in [-0.2, 0) is 32.2 Å². The molecule has 0 bridgehead atoms. The lowest BCUT2D eigenvalue weighted by Gasteiger charge is -2.18. The largest absolute Gasteiger partial charge is 0.445 e. The number of ether oxygens (including phenoxy) is 3. The predicted molar refractivity (Wildman–Crippen MR) is 115 cm³/mol. The van der Waals surface area contributed by atoms with E-state index in [1.807, 2.05) is 67.6 Å². The van der Waals surface area contributed by atoms with Gasteiger partial charge in [-0.15, -0.1) is 0 Å². The molecule has 1 atom stereocenters. The van der Waals surface area contributed by atoms with Crippen molar-refractivity contribution in [3.8, 4) is 0 Å². The fourth-order valence-corrected chi connectivity index (χ4v) is 2.79. The Labute approximate surface area is 178 Å². The van der Waals surface area contributed by atoms with Crippen LogP contribution in [0.5, 0.6) is 0 Å². The van der Waals surface area contributed by atoms with Crippen LogP contribution in [0.1, 0.15) is 37.3 Å². The number of hydrogen-bond donors (Lipinski definition) is 1. The molecule has 0 saturated carbocycles. The van der Waals surface area contributed by atoms with Crippen LogP contribution in [0.3, 0.4) is 0 Å². The maximum atomic E-state index is 12.1. The number of hydrogen-bond acceptors (Lipinski definition) is 5. The molecule has 30 heavy (non-hydrogen) atoms. The van der Waals surface area contributed by atoms with Crippen LogP contribution >= 0.6 is 0 Å². The lowest BCUT2D eigenvalue weighted by Crippen LogP contribution is -2.37. The molecule has 1 amide bonds. The zero-order valence-corrected chi connectivity index (χ0v) is 17.5. The molecule has 162 valence electrons. The second-order valence-electron chi connectivity index (χ2n) is 6.94. The normalized spacial score (nSPS) is 11.6. The minimum atomic E-state index is -0.529. The molecule has 0 spiro atoms. The van der Waals surface area contributed by atoms with Crippen molar-refractivity contribution in [2.24, 2.45) is 0 Å². The lowest BCUT2D eigenvalue weighted by atomic mass is 10.1. The molecule has 0 fully saturated rings. The van der Waals surface area contributed by atoms with Gasteiger partial charge in [-0.3, -0.25) is 4.79 Å². The van der Waals surface area contributed by atoms with Crippen LogP contribution in [0.2, 0.25) is 0 Å². The van der Waals surface area contributed by atoms with Gasteiger partial charge in [-0.05, 0) is 17.5 Å². The van der Waals surface area contributed by atoms with E-state index in [0.29, 0.717) is 39.3 Å². The number of ketones is 1. The number of carbonyl (C=O) groups is 2. The molecule has 2 aromatic carbocycles. The van der Waals surface area contributed by atoms with Crippen molar-refractivity contribution in [2.75, 3.05) is 19.8 Å². The third-order valence-corrected chi connectivity index (χ3v) is 4.50. The van der Waals surface area contributed by atoms with Gasteiger partial charge in [0.1, 0.15) is 12.4 Å². The number of benzene rings is 2. The van der Waals surface area contributed by atoms with Crippen molar-refractivity contribution in [2.45, 2.75) is 45.4 Å². The Bertz CT molecular complexity index is 736. The summed E-state index contributed by atoms with van der Waals surface area (Å²) >= 11 is 0. The maximum absolute atomic E-state index is 12.1. The molecule has 0 aromatic heterocycles. The molecule has 0 heterocycles. The average Bonchev–Trinajstić information content (AvgIpc) is 2.78. The number of carbonyl (C=O) groups excluding carboxylic acids is 2. The summed E-state index contributed by atoms with van der Waals surface area (Å²) in [7, 11) is 0. The van der Waals surface area contributed by atoms with Gasteiger partial charge in [-0.2, -0.15) is 0 Å². The highest BCUT2D eigenvalue weighted by atomic mass is 16.5. The number of Topliss-reactive ketones (excluding diaryl/α,β-unsaturated/α-hetero) is 1. The fraction of sp³-hybridized carbons (Fsp3) is 0.417. The van der Waals surface area contributed by atoms with Gasteiger partial charge in [-0.1, -0.05) is 67.6 Å². The van der Waals surface area contributed by atoms with Crippen molar-refractivity contribution in [1.29, 1.82) is 0 Å². The van der Waals surface area contributed by atoms with Gasteiger partial charge in [-0.25, -0.2) is 4.79 Å². The summed E-state index contributed by atoms with van der Waals surface area (Å²) in [6.07, 6.45) is 0.708. The molecule has 2 rings (SSSR count). The SMILES string of the molecule is CCC(=O)CC(CCOCCOCc1ccccc1)NC(=O)OCc1ccccc1. The average molecular weight is 414 g/mol. The molecule has 0 aliphatic heterocycles. The molecule has 0 radical (unpaired) electrons. The van der Waals surface area contributed by atoms with E-state index < -0.39 is 6.09 Å². The first-order valence-corrected chi connectivity index (χ1v) is 10.4. The molecule has 1 unspecified atom stereocenters. The van der Waals surface area contributed by atoms with E-state index in [-0.39, 0.29) is 24.9 Å². The van der Waals surface area contributed by atoms with Crippen LogP contribution < -0.4 is 5.32 Å². The number of amides is 1. The van der Waals surface area contributed by atoms with Crippen molar-refractivity contribution in [3.63, 3.8) is 0 Å². The third kappa shape index (κ3) is 10.2. The van der Waals surface area contributed by atoms with Gasteiger partial charge < -0.3 is 19.5 Å². The van der Waals surface area contributed by atoms with Gasteiger partial charge in [0.2, 0.25) is 0 Å². The molecule has 0 saturated heterocycles. The summed E-state index contributed by atoms with van der Waals surface area (Å²) in [4.78, 5) is 23.9. The third-order valence-electron chi connectivity index (χ3n) is 4.50. The highest BCUT2D eigenvalue weighted by molar-refractivity contribution is 5.79. The van der Waals surface area contributed by atoms with Gasteiger partial charge >= 0.3 is 6.09 Å². The van der Waals surface area contributed by atoms with Gasteiger partial charge in [0, 0.05) is 25.5 Å². The van der Waals surface area contributed by atoms with E-state index in [2.05, 4.69) is 5.32 Å². The molecule has 6 nitrogen and oxygen atoms in total. The van der Waals surface area contributed by atoms with E-state index >= 15 is 0 Å². The molecule has 6 heteroatoms. The zero-order chi connectivity index (χ0) is 21.4.